The Morgan fingerprint density at radius 2 is 1.85 bits per heavy atom. The molecule has 1 saturated heterocycles. The summed E-state index contributed by atoms with van der Waals surface area (Å²) in [6, 6.07) is 15.6. The van der Waals surface area contributed by atoms with Gasteiger partial charge in [-0.2, -0.15) is 0 Å². The average Bonchev–Trinajstić information content (AvgIpc) is 2.82. The molecule has 3 heterocycles. The number of allylic oxidation sites excluding steroid dienone is 1. The van der Waals surface area contributed by atoms with Gasteiger partial charge < -0.3 is 14.6 Å². The number of benzene rings is 2. The number of pyridine rings is 1. The van der Waals surface area contributed by atoms with Gasteiger partial charge in [-0.05, 0) is 78.4 Å². The molecule has 0 aliphatic carbocycles. The lowest BCUT2D eigenvalue weighted by Crippen LogP contribution is -2.47. The van der Waals surface area contributed by atoms with Crippen LogP contribution in [0.4, 0.5) is 0 Å². The summed E-state index contributed by atoms with van der Waals surface area (Å²) in [4.78, 5) is 6.72. The number of phenols is 1. The van der Waals surface area contributed by atoms with Crippen LogP contribution in [0, 0.1) is 12.8 Å². The quantitative estimate of drug-likeness (QED) is 0.481. The summed E-state index contributed by atoms with van der Waals surface area (Å²) >= 11 is 0. The van der Waals surface area contributed by atoms with Gasteiger partial charge in [-0.3, -0.25) is 9.88 Å². The van der Waals surface area contributed by atoms with E-state index in [2.05, 4.69) is 42.8 Å². The Morgan fingerprint density at radius 1 is 1.06 bits per heavy atom. The molecule has 0 amide bonds. The van der Waals surface area contributed by atoms with E-state index in [0.29, 0.717) is 6.61 Å². The molecule has 1 unspecified atom stereocenters. The summed E-state index contributed by atoms with van der Waals surface area (Å²) < 4.78 is 12.5. The van der Waals surface area contributed by atoms with Crippen molar-refractivity contribution in [2.24, 2.45) is 5.92 Å². The van der Waals surface area contributed by atoms with E-state index in [4.69, 9.17) is 9.47 Å². The Kier molecular flexibility index (Phi) is 6.29. The lowest BCUT2D eigenvalue weighted by molar-refractivity contribution is 0.0806. The van der Waals surface area contributed by atoms with Crippen LogP contribution in [0.25, 0.3) is 11.1 Å². The molecule has 5 heteroatoms. The predicted octanol–water partition coefficient (Wildman–Crippen LogP) is 5.88. The van der Waals surface area contributed by atoms with E-state index in [1.807, 2.05) is 36.7 Å². The van der Waals surface area contributed by atoms with Crippen molar-refractivity contribution in [3.8, 4) is 17.2 Å². The van der Waals surface area contributed by atoms with Crippen LogP contribution in [0.5, 0.6) is 17.2 Å². The van der Waals surface area contributed by atoms with Gasteiger partial charge >= 0.3 is 0 Å². The molecule has 176 valence electrons. The van der Waals surface area contributed by atoms with E-state index in [-0.39, 0.29) is 11.9 Å². The zero-order valence-corrected chi connectivity index (χ0v) is 20.1. The molecule has 2 aliphatic rings. The predicted molar refractivity (Wildman–Crippen MR) is 135 cm³/mol. The number of ether oxygens (including phenoxy) is 2. The number of fused-ring (bicyclic) bond motifs is 1. The van der Waals surface area contributed by atoms with Crippen molar-refractivity contribution in [1.82, 2.24) is 9.88 Å². The second-order valence-corrected chi connectivity index (χ2v) is 9.36. The van der Waals surface area contributed by atoms with Crippen LogP contribution in [0.15, 0.2) is 60.9 Å². The number of likely N-dealkylation sites (tertiary alicyclic amines) is 1. The van der Waals surface area contributed by atoms with Crippen LogP contribution in [-0.2, 0) is 0 Å². The smallest absolute Gasteiger partial charge is 0.150 e. The largest absolute Gasteiger partial charge is 0.508 e. The zero-order valence-electron chi connectivity index (χ0n) is 20.1. The number of aromatic hydroxyl groups is 1. The number of nitrogens with zero attached hydrogens (tertiary/aromatic N) is 2. The summed E-state index contributed by atoms with van der Waals surface area (Å²) in [7, 11) is 0. The van der Waals surface area contributed by atoms with Crippen molar-refractivity contribution in [1.29, 1.82) is 0 Å². The van der Waals surface area contributed by atoms with Gasteiger partial charge in [0.05, 0.1) is 0 Å². The molecule has 1 N–H and O–H groups in total. The van der Waals surface area contributed by atoms with Crippen LogP contribution < -0.4 is 9.47 Å². The molecule has 1 fully saturated rings. The maximum Gasteiger partial charge on any atom is 0.150 e. The van der Waals surface area contributed by atoms with Gasteiger partial charge in [-0.25, -0.2) is 0 Å². The van der Waals surface area contributed by atoms with E-state index in [0.717, 1.165) is 57.4 Å². The van der Waals surface area contributed by atoms with Gasteiger partial charge in [-0.1, -0.05) is 25.5 Å². The lowest BCUT2D eigenvalue weighted by atomic mass is 9.85. The first-order valence-corrected chi connectivity index (χ1v) is 12.1. The molecule has 0 spiro atoms. The highest BCUT2D eigenvalue weighted by Crippen LogP contribution is 2.47. The van der Waals surface area contributed by atoms with Crippen molar-refractivity contribution >= 4 is 11.1 Å². The van der Waals surface area contributed by atoms with Crippen molar-refractivity contribution in [2.75, 3.05) is 26.2 Å². The topological polar surface area (TPSA) is 54.8 Å². The minimum absolute atomic E-state index is 0.232. The highest BCUT2D eigenvalue weighted by Gasteiger charge is 2.30. The number of aromatic nitrogens is 1. The summed E-state index contributed by atoms with van der Waals surface area (Å²) in [5.74, 6) is 2.74. The molecular weight excluding hydrogens is 424 g/mol. The first-order valence-electron chi connectivity index (χ1n) is 12.1. The van der Waals surface area contributed by atoms with Gasteiger partial charge in [0.1, 0.15) is 30.0 Å². The molecule has 5 rings (SSSR count). The Hall–Kier alpha value is -3.31. The molecule has 2 aliphatic heterocycles. The molecular formula is C29H32N2O3. The van der Waals surface area contributed by atoms with Crippen molar-refractivity contribution in [3.63, 3.8) is 0 Å². The summed E-state index contributed by atoms with van der Waals surface area (Å²) in [6.07, 6.45) is 4.69. The maximum absolute atomic E-state index is 10.1. The van der Waals surface area contributed by atoms with Gasteiger partial charge in [0.15, 0.2) is 0 Å². The Labute approximate surface area is 201 Å². The maximum atomic E-state index is 10.1. The standard InChI is InChI=1S/C29H32N2O3/c1-4-21-17-31(18-21)13-14-33-24-8-5-22(6-9-24)29-28(25-11-12-30-16-19(25)2)20(3)26-15-23(32)7-10-27(26)34-29/h5-12,15-16,21,29,32H,4,13-14,17-18H2,1-3H3. The van der Waals surface area contributed by atoms with E-state index in [1.54, 1.807) is 12.1 Å². The van der Waals surface area contributed by atoms with Crippen molar-refractivity contribution in [3.05, 3.63) is 83.2 Å². The average molecular weight is 457 g/mol. The second-order valence-electron chi connectivity index (χ2n) is 9.36. The fraction of sp³-hybridized carbons (Fsp3) is 0.345. The molecule has 0 radical (unpaired) electrons. The van der Waals surface area contributed by atoms with E-state index in [9.17, 15) is 5.11 Å². The fourth-order valence-corrected chi connectivity index (χ4v) is 4.94. The van der Waals surface area contributed by atoms with E-state index in [1.165, 1.54) is 19.5 Å². The second kappa shape index (κ2) is 9.51. The number of aryl methyl sites for hydroxylation is 1. The number of hydrogen-bond donors (Lipinski definition) is 1. The monoisotopic (exact) mass is 456 g/mol. The van der Waals surface area contributed by atoms with Crippen LogP contribution in [-0.4, -0.2) is 41.2 Å². The Balaban J connectivity index is 1.39. The molecule has 1 atom stereocenters. The minimum atomic E-state index is -0.265. The highest BCUT2D eigenvalue weighted by atomic mass is 16.5. The molecule has 34 heavy (non-hydrogen) atoms. The van der Waals surface area contributed by atoms with Gasteiger partial charge in [0, 0.05) is 43.2 Å². The first kappa shape index (κ1) is 22.5. The zero-order chi connectivity index (χ0) is 23.7. The van der Waals surface area contributed by atoms with Gasteiger partial charge in [-0.15, -0.1) is 0 Å². The van der Waals surface area contributed by atoms with Crippen molar-refractivity contribution in [2.45, 2.75) is 33.3 Å². The summed E-state index contributed by atoms with van der Waals surface area (Å²) in [5, 5.41) is 10.1. The van der Waals surface area contributed by atoms with E-state index < -0.39 is 0 Å². The summed E-state index contributed by atoms with van der Waals surface area (Å²) in [6.45, 7) is 10.5. The molecule has 3 aromatic rings. The van der Waals surface area contributed by atoms with Crippen molar-refractivity contribution < 1.29 is 14.6 Å². The number of hydrogen-bond acceptors (Lipinski definition) is 5. The van der Waals surface area contributed by atoms with Gasteiger partial charge in [0.25, 0.3) is 0 Å². The molecule has 0 saturated carbocycles. The normalized spacial score (nSPS) is 18.3. The highest BCUT2D eigenvalue weighted by molar-refractivity contribution is 5.96. The first-order chi connectivity index (χ1) is 16.5. The molecule has 1 aromatic heterocycles. The fourth-order valence-electron chi connectivity index (χ4n) is 4.94. The molecule has 5 nitrogen and oxygen atoms in total. The van der Waals surface area contributed by atoms with Crippen LogP contribution >= 0.6 is 0 Å². The Morgan fingerprint density at radius 3 is 2.59 bits per heavy atom. The summed E-state index contributed by atoms with van der Waals surface area (Å²) in [5.41, 5.74) is 6.35. The number of phenolic OH excluding ortho intramolecular Hbond substituents is 1. The van der Waals surface area contributed by atoms with Crippen LogP contribution in [0.3, 0.4) is 0 Å². The molecule has 2 aromatic carbocycles. The van der Waals surface area contributed by atoms with Gasteiger partial charge in [0.2, 0.25) is 0 Å². The lowest BCUT2D eigenvalue weighted by Gasteiger charge is -2.38. The SMILES string of the molecule is CCC1CN(CCOc2ccc(C3Oc4ccc(O)cc4C(C)=C3c3ccncc3C)cc2)C1. The van der Waals surface area contributed by atoms with Crippen LogP contribution in [0.2, 0.25) is 0 Å². The Bertz CT molecular complexity index is 1200. The number of rotatable bonds is 7. The third kappa shape index (κ3) is 4.40. The van der Waals surface area contributed by atoms with E-state index >= 15 is 0 Å². The van der Waals surface area contributed by atoms with Crippen LogP contribution in [0.1, 0.15) is 48.6 Å². The minimum Gasteiger partial charge on any atom is -0.508 e. The third-order valence-electron chi connectivity index (χ3n) is 7.06. The third-order valence-corrected chi connectivity index (χ3v) is 7.06. The molecule has 0 bridgehead atoms.